The molecule has 1 fully saturated rings. The SMILES string of the molecule is CCC(C)c1ccc(C2(C)CCCN2)cc1Br. The van der Waals surface area contributed by atoms with Crippen molar-refractivity contribution in [3.05, 3.63) is 33.8 Å². The second-order valence-corrected chi connectivity index (χ2v) is 6.26. The Morgan fingerprint density at radius 2 is 2.24 bits per heavy atom. The summed E-state index contributed by atoms with van der Waals surface area (Å²) in [4.78, 5) is 0. The van der Waals surface area contributed by atoms with Gasteiger partial charge in [-0.1, -0.05) is 41.9 Å². The molecule has 2 rings (SSSR count). The van der Waals surface area contributed by atoms with Crippen LogP contribution in [-0.2, 0) is 5.54 Å². The van der Waals surface area contributed by atoms with E-state index in [2.05, 4.69) is 60.2 Å². The zero-order chi connectivity index (χ0) is 12.5. The molecule has 17 heavy (non-hydrogen) atoms. The van der Waals surface area contributed by atoms with Gasteiger partial charge < -0.3 is 5.32 Å². The summed E-state index contributed by atoms with van der Waals surface area (Å²) in [6.07, 6.45) is 3.71. The van der Waals surface area contributed by atoms with Gasteiger partial charge in [0.15, 0.2) is 0 Å². The minimum Gasteiger partial charge on any atom is -0.308 e. The van der Waals surface area contributed by atoms with E-state index in [1.54, 1.807) is 0 Å². The third kappa shape index (κ3) is 2.58. The Kier molecular flexibility index (Phi) is 3.94. The van der Waals surface area contributed by atoms with Gasteiger partial charge in [-0.15, -0.1) is 0 Å². The van der Waals surface area contributed by atoms with Crippen LogP contribution in [0, 0.1) is 0 Å². The molecule has 1 nitrogen and oxygen atoms in total. The van der Waals surface area contributed by atoms with Crippen LogP contribution in [0.3, 0.4) is 0 Å². The molecule has 1 aliphatic rings. The summed E-state index contributed by atoms with van der Waals surface area (Å²) in [5, 5.41) is 3.62. The summed E-state index contributed by atoms with van der Waals surface area (Å²) >= 11 is 3.73. The Morgan fingerprint density at radius 1 is 1.47 bits per heavy atom. The van der Waals surface area contributed by atoms with E-state index in [9.17, 15) is 0 Å². The summed E-state index contributed by atoms with van der Waals surface area (Å²) in [5.41, 5.74) is 3.02. The molecule has 2 atom stereocenters. The van der Waals surface area contributed by atoms with E-state index in [1.165, 1.54) is 34.9 Å². The van der Waals surface area contributed by atoms with Crippen LogP contribution < -0.4 is 5.32 Å². The van der Waals surface area contributed by atoms with Crippen LogP contribution in [0.2, 0.25) is 0 Å². The highest BCUT2D eigenvalue weighted by atomic mass is 79.9. The van der Waals surface area contributed by atoms with E-state index in [-0.39, 0.29) is 5.54 Å². The first kappa shape index (κ1) is 13.1. The molecule has 0 aliphatic carbocycles. The molecule has 1 heterocycles. The van der Waals surface area contributed by atoms with Crippen molar-refractivity contribution in [3.63, 3.8) is 0 Å². The summed E-state index contributed by atoms with van der Waals surface area (Å²) in [6.45, 7) is 7.98. The minimum atomic E-state index is 0.177. The van der Waals surface area contributed by atoms with Crippen molar-refractivity contribution in [2.75, 3.05) is 6.54 Å². The van der Waals surface area contributed by atoms with Crippen LogP contribution in [0.1, 0.15) is 57.1 Å². The van der Waals surface area contributed by atoms with Gasteiger partial charge >= 0.3 is 0 Å². The molecule has 1 aromatic rings. The van der Waals surface area contributed by atoms with Crippen molar-refractivity contribution < 1.29 is 0 Å². The third-order valence-corrected chi connectivity index (χ3v) is 4.84. The van der Waals surface area contributed by atoms with E-state index >= 15 is 0 Å². The maximum absolute atomic E-state index is 3.73. The van der Waals surface area contributed by atoms with Gasteiger partial charge in [-0.25, -0.2) is 0 Å². The minimum absolute atomic E-state index is 0.177. The lowest BCUT2D eigenvalue weighted by atomic mass is 9.88. The Morgan fingerprint density at radius 3 is 2.76 bits per heavy atom. The molecular weight excluding hydrogens is 274 g/mol. The molecule has 2 unspecified atom stereocenters. The van der Waals surface area contributed by atoms with Crippen molar-refractivity contribution in [1.82, 2.24) is 5.32 Å². The molecule has 2 heteroatoms. The Bertz CT molecular complexity index is 394. The van der Waals surface area contributed by atoms with Crippen molar-refractivity contribution in [2.45, 2.75) is 51.5 Å². The number of benzene rings is 1. The number of nitrogens with one attached hydrogen (secondary N) is 1. The third-order valence-electron chi connectivity index (χ3n) is 4.15. The lowest BCUT2D eigenvalue weighted by Crippen LogP contribution is -2.33. The highest BCUT2D eigenvalue weighted by molar-refractivity contribution is 9.10. The van der Waals surface area contributed by atoms with E-state index in [0.29, 0.717) is 5.92 Å². The maximum Gasteiger partial charge on any atom is 0.0406 e. The van der Waals surface area contributed by atoms with Gasteiger partial charge in [-0.3, -0.25) is 0 Å². The van der Waals surface area contributed by atoms with E-state index in [0.717, 1.165) is 6.54 Å². The molecule has 0 amide bonds. The quantitative estimate of drug-likeness (QED) is 0.862. The fourth-order valence-corrected chi connectivity index (χ4v) is 3.40. The van der Waals surface area contributed by atoms with Gasteiger partial charge in [0.05, 0.1) is 0 Å². The molecular formula is C15H22BrN. The average molecular weight is 296 g/mol. The highest BCUT2D eigenvalue weighted by Crippen LogP contribution is 2.35. The van der Waals surface area contributed by atoms with Gasteiger partial charge in [-0.2, -0.15) is 0 Å². The maximum atomic E-state index is 3.73. The molecule has 1 aromatic carbocycles. The molecule has 0 bridgehead atoms. The fraction of sp³-hybridized carbons (Fsp3) is 0.600. The van der Waals surface area contributed by atoms with Crippen molar-refractivity contribution in [3.8, 4) is 0 Å². The van der Waals surface area contributed by atoms with E-state index in [1.807, 2.05) is 0 Å². The first-order valence-corrected chi connectivity index (χ1v) is 7.41. The Balaban J connectivity index is 2.30. The van der Waals surface area contributed by atoms with Crippen LogP contribution >= 0.6 is 15.9 Å². The predicted octanol–water partition coefficient (Wildman–Crippen LogP) is 4.56. The smallest absolute Gasteiger partial charge is 0.0406 e. The number of hydrogen-bond acceptors (Lipinski definition) is 1. The van der Waals surface area contributed by atoms with E-state index < -0.39 is 0 Å². The van der Waals surface area contributed by atoms with Gasteiger partial charge in [0.25, 0.3) is 0 Å². The van der Waals surface area contributed by atoms with Gasteiger partial charge in [0.2, 0.25) is 0 Å². The second kappa shape index (κ2) is 5.11. The van der Waals surface area contributed by atoms with Crippen LogP contribution in [0.4, 0.5) is 0 Å². The second-order valence-electron chi connectivity index (χ2n) is 5.41. The predicted molar refractivity (Wildman–Crippen MR) is 77.4 cm³/mol. The molecule has 94 valence electrons. The van der Waals surface area contributed by atoms with Crippen LogP contribution in [0.25, 0.3) is 0 Å². The summed E-state index contributed by atoms with van der Waals surface area (Å²) in [5.74, 6) is 0.628. The molecule has 0 radical (unpaired) electrons. The molecule has 1 N–H and O–H groups in total. The normalized spacial score (nSPS) is 26.1. The lowest BCUT2D eigenvalue weighted by Gasteiger charge is -2.26. The standard InChI is InChI=1S/C15H22BrN/c1-4-11(2)13-7-6-12(10-14(13)16)15(3)8-5-9-17-15/h6-7,10-11,17H,4-5,8-9H2,1-3H3. The van der Waals surface area contributed by atoms with Crippen LogP contribution in [-0.4, -0.2) is 6.54 Å². The van der Waals surface area contributed by atoms with E-state index in [4.69, 9.17) is 0 Å². The molecule has 1 aliphatic heterocycles. The topological polar surface area (TPSA) is 12.0 Å². The molecule has 0 saturated carbocycles. The summed E-state index contributed by atoms with van der Waals surface area (Å²) in [6, 6.07) is 6.89. The van der Waals surface area contributed by atoms with Crippen LogP contribution in [0.5, 0.6) is 0 Å². The zero-order valence-electron chi connectivity index (χ0n) is 11.0. The van der Waals surface area contributed by atoms with Crippen molar-refractivity contribution in [1.29, 1.82) is 0 Å². The Hall–Kier alpha value is -0.340. The molecule has 0 spiro atoms. The average Bonchev–Trinajstić information content (AvgIpc) is 2.76. The first-order valence-electron chi connectivity index (χ1n) is 6.62. The molecule has 1 saturated heterocycles. The van der Waals surface area contributed by atoms with Gasteiger partial charge in [0.1, 0.15) is 0 Å². The zero-order valence-corrected chi connectivity index (χ0v) is 12.6. The lowest BCUT2D eigenvalue weighted by molar-refractivity contribution is 0.434. The number of rotatable bonds is 3. The largest absolute Gasteiger partial charge is 0.308 e. The first-order chi connectivity index (χ1) is 8.07. The number of halogens is 1. The van der Waals surface area contributed by atoms with Crippen LogP contribution in [0.15, 0.2) is 22.7 Å². The van der Waals surface area contributed by atoms with Gasteiger partial charge in [-0.05, 0) is 55.8 Å². The monoisotopic (exact) mass is 295 g/mol. The van der Waals surface area contributed by atoms with Gasteiger partial charge in [0, 0.05) is 10.0 Å². The summed E-state index contributed by atoms with van der Waals surface area (Å²) in [7, 11) is 0. The fourth-order valence-electron chi connectivity index (χ4n) is 2.63. The van der Waals surface area contributed by atoms with Crippen molar-refractivity contribution >= 4 is 15.9 Å². The summed E-state index contributed by atoms with van der Waals surface area (Å²) < 4.78 is 1.26. The molecule has 0 aromatic heterocycles. The number of hydrogen-bond donors (Lipinski definition) is 1. The van der Waals surface area contributed by atoms with Crippen molar-refractivity contribution in [2.24, 2.45) is 0 Å². The highest BCUT2D eigenvalue weighted by Gasteiger charge is 2.30. The Labute approximate surface area is 113 Å².